The molecule has 0 atom stereocenters. The van der Waals surface area contributed by atoms with Gasteiger partial charge in [0.2, 0.25) is 0 Å². The van der Waals surface area contributed by atoms with Crippen LogP contribution in [0.25, 0.3) is 12.2 Å². The number of nitrogens with one attached hydrogen (secondary N) is 1. The van der Waals surface area contributed by atoms with Gasteiger partial charge >= 0.3 is 4.87 Å². The van der Waals surface area contributed by atoms with Crippen molar-refractivity contribution >= 4 is 23.5 Å². The lowest BCUT2D eigenvalue weighted by molar-refractivity contribution is 1.21. The fraction of sp³-hybridized carbons (Fsp3) is 0.375. The Morgan fingerprint density at radius 1 is 1.64 bits per heavy atom. The van der Waals surface area contributed by atoms with Gasteiger partial charge in [-0.2, -0.15) is 0 Å². The van der Waals surface area contributed by atoms with Gasteiger partial charge in [-0.15, -0.1) is 0 Å². The maximum absolute atomic E-state index is 10.9. The van der Waals surface area contributed by atoms with Crippen molar-refractivity contribution in [1.29, 1.82) is 0 Å². The Bertz CT molecular complexity index is 385. The van der Waals surface area contributed by atoms with E-state index in [2.05, 4.69) is 11.9 Å². The summed E-state index contributed by atoms with van der Waals surface area (Å²) in [7, 11) is 0. The van der Waals surface area contributed by atoms with E-state index in [0.717, 1.165) is 16.3 Å². The highest BCUT2D eigenvalue weighted by Crippen LogP contribution is 1.73. The van der Waals surface area contributed by atoms with Crippen LogP contribution >= 0.6 is 11.3 Å². The molecule has 2 nitrogen and oxygen atoms in total. The van der Waals surface area contributed by atoms with Crippen molar-refractivity contribution in [1.82, 2.24) is 4.98 Å². The van der Waals surface area contributed by atoms with E-state index < -0.39 is 0 Å². The van der Waals surface area contributed by atoms with Gasteiger partial charge in [0.15, 0.2) is 0 Å². The number of thiazole rings is 1. The molecule has 1 heterocycles. The van der Waals surface area contributed by atoms with E-state index in [0.29, 0.717) is 0 Å². The smallest absolute Gasteiger partial charge is 0.305 e. The highest BCUT2D eigenvalue weighted by Gasteiger charge is 1.88. The normalized spacial score (nSPS) is 14.4. The predicted octanol–water partition coefficient (Wildman–Crippen LogP) is 0.427. The minimum Gasteiger partial charge on any atom is -0.313 e. The zero-order valence-electron chi connectivity index (χ0n) is 6.68. The van der Waals surface area contributed by atoms with Crippen molar-refractivity contribution in [2.45, 2.75) is 20.3 Å². The summed E-state index contributed by atoms with van der Waals surface area (Å²) in [5.41, 5.74) is 0. The molecule has 0 unspecified atom stereocenters. The Morgan fingerprint density at radius 3 is 2.91 bits per heavy atom. The van der Waals surface area contributed by atoms with Gasteiger partial charge in [-0.1, -0.05) is 30.4 Å². The zero-order valence-corrected chi connectivity index (χ0v) is 7.49. The molecule has 60 valence electrons. The summed E-state index contributed by atoms with van der Waals surface area (Å²) >= 11 is 1.26. The highest BCUT2D eigenvalue weighted by molar-refractivity contribution is 7.07. The molecule has 0 amide bonds. The molecule has 1 aromatic heterocycles. The number of hydrogen-bond acceptors (Lipinski definition) is 2. The number of rotatable bonds is 1. The van der Waals surface area contributed by atoms with Crippen LogP contribution in [-0.2, 0) is 0 Å². The summed E-state index contributed by atoms with van der Waals surface area (Å²) < 4.78 is 1.04. The quantitative estimate of drug-likeness (QED) is 0.649. The van der Waals surface area contributed by atoms with Crippen molar-refractivity contribution in [3.63, 3.8) is 0 Å². The largest absolute Gasteiger partial charge is 0.313 e. The summed E-state index contributed by atoms with van der Waals surface area (Å²) in [4.78, 5) is 13.7. The van der Waals surface area contributed by atoms with Gasteiger partial charge in [-0.3, -0.25) is 4.79 Å². The van der Waals surface area contributed by atoms with E-state index in [9.17, 15) is 4.79 Å². The molecule has 0 saturated heterocycles. The van der Waals surface area contributed by atoms with E-state index in [4.69, 9.17) is 0 Å². The molecule has 0 fully saturated rings. The van der Waals surface area contributed by atoms with Gasteiger partial charge in [0, 0.05) is 0 Å². The fourth-order valence-electron chi connectivity index (χ4n) is 0.922. The van der Waals surface area contributed by atoms with Crippen molar-refractivity contribution in [2.24, 2.45) is 0 Å². The van der Waals surface area contributed by atoms with Crippen LogP contribution in [0.4, 0.5) is 0 Å². The van der Waals surface area contributed by atoms with E-state index in [-0.39, 0.29) is 4.87 Å². The Balaban J connectivity index is 3.48. The summed E-state index contributed by atoms with van der Waals surface area (Å²) in [6.07, 6.45) is 4.92. The maximum atomic E-state index is 10.9. The third kappa shape index (κ3) is 1.80. The molecule has 0 spiro atoms. The molecule has 1 rings (SSSR count). The van der Waals surface area contributed by atoms with Crippen molar-refractivity contribution in [3.8, 4) is 0 Å². The molecule has 0 saturated carbocycles. The average molecular weight is 169 g/mol. The van der Waals surface area contributed by atoms with Crippen LogP contribution in [0.15, 0.2) is 4.79 Å². The summed E-state index contributed by atoms with van der Waals surface area (Å²) in [5, 5.41) is 0.963. The minimum atomic E-state index is 0.0257. The molecule has 0 aliphatic heterocycles. The zero-order chi connectivity index (χ0) is 8.27. The second-order valence-corrected chi connectivity index (χ2v) is 3.21. The van der Waals surface area contributed by atoms with Crippen LogP contribution in [0, 0.1) is 0 Å². The van der Waals surface area contributed by atoms with Gasteiger partial charge in [-0.25, -0.2) is 0 Å². The minimum absolute atomic E-state index is 0.0257. The van der Waals surface area contributed by atoms with Crippen LogP contribution in [-0.4, -0.2) is 4.98 Å². The lowest BCUT2D eigenvalue weighted by atomic mass is 10.4. The summed E-state index contributed by atoms with van der Waals surface area (Å²) in [5.74, 6) is 0. The SMILES string of the molecule is C/C=c1/sc(=O)[nH]/c1=C/CC. The van der Waals surface area contributed by atoms with E-state index >= 15 is 0 Å². The van der Waals surface area contributed by atoms with Gasteiger partial charge in [0.25, 0.3) is 0 Å². The first-order chi connectivity index (χ1) is 5.27. The molecule has 0 aromatic carbocycles. The topological polar surface area (TPSA) is 32.9 Å². The Morgan fingerprint density at radius 2 is 2.36 bits per heavy atom. The van der Waals surface area contributed by atoms with Crippen LogP contribution in [0.5, 0.6) is 0 Å². The highest BCUT2D eigenvalue weighted by atomic mass is 32.1. The van der Waals surface area contributed by atoms with Crippen LogP contribution in [0.2, 0.25) is 0 Å². The van der Waals surface area contributed by atoms with E-state index in [1.54, 1.807) is 0 Å². The van der Waals surface area contributed by atoms with Gasteiger partial charge in [-0.05, 0) is 13.3 Å². The van der Waals surface area contributed by atoms with Gasteiger partial charge in [0.1, 0.15) is 0 Å². The monoisotopic (exact) mass is 169 g/mol. The van der Waals surface area contributed by atoms with E-state index in [1.807, 2.05) is 19.1 Å². The summed E-state index contributed by atoms with van der Waals surface area (Å²) in [6, 6.07) is 0. The number of H-pyrrole nitrogens is 1. The van der Waals surface area contributed by atoms with E-state index in [1.165, 1.54) is 11.3 Å². The van der Waals surface area contributed by atoms with Crippen molar-refractivity contribution in [2.75, 3.05) is 0 Å². The first kappa shape index (κ1) is 8.27. The third-order valence-electron chi connectivity index (χ3n) is 1.38. The molecular formula is C8H11NOS. The van der Waals surface area contributed by atoms with Crippen LogP contribution in [0.3, 0.4) is 0 Å². The Kier molecular flexibility index (Phi) is 2.65. The lowest BCUT2D eigenvalue weighted by Gasteiger charge is -1.75. The Hall–Kier alpha value is -0.830. The molecule has 1 N–H and O–H groups in total. The number of hydrogen-bond donors (Lipinski definition) is 1. The van der Waals surface area contributed by atoms with Crippen molar-refractivity contribution in [3.05, 3.63) is 19.5 Å². The molecule has 0 radical (unpaired) electrons. The van der Waals surface area contributed by atoms with Crippen LogP contribution in [0.1, 0.15) is 20.3 Å². The molecule has 11 heavy (non-hydrogen) atoms. The van der Waals surface area contributed by atoms with Gasteiger partial charge < -0.3 is 4.98 Å². The molecular weight excluding hydrogens is 158 g/mol. The third-order valence-corrected chi connectivity index (χ3v) is 2.34. The first-order valence-electron chi connectivity index (χ1n) is 3.63. The lowest BCUT2D eigenvalue weighted by Crippen LogP contribution is -2.20. The molecule has 0 aliphatic rings. The second kappa shape index (κ2) is 3.53. The molecule has 0 aliphatic carbocycles. The molecule has 1 aromatic rings. The summed E-state index contributed by atoms with van der Waals surface area (Å²) in [6.45, 7) is 3.99. The fourth-order valence-corrected chi connectivity index (χ4v) is 1.64. The molecule has 3 heteroatoms. The van der Waals surface area contributed by atoms with Crippen LogP contribution < -0.4 is 14.8 Å². The van der Waals surface area contributed by atoms with Gasteiger partial charge in [0.05, 0.1) is 9.88 Å². The predicted molar refractivity (Wildman–Crippen MR) is 49.1 cm³/mol. The maximum Gasteiger partial charge on any atom is 0.305 e. The van der Waals surface area contributed by atoms with Crippen molar-refractivity contribution < 1.29 is 0 Å². The number of aromatic amines is 1. The molecule has 0 bridgehead atoms. The standard InChI is InChI=1S/C8H11NOS/c1-3-5-6-7(4-2)11-8(10)9-6/h4-5H,3H2,1-2H3,(H,9,10)/b6-5+,7-4+. The average Bonchev–Trinajstić information content (AvgIpc) is 2.32. The Labute approximate surface area is 68.9 Å². The number of aromatic nitrogens is 1. The first-order valence-corrected chi connectivity index (χ1v) is 4.45. The second-order valence-electron chi connectivity index (χ2n) is 2.19.